The molecule has 3 N–H and O–H groups in total. The zero-order valence-corrected chi connectivity index (χ0v) is 16.1. The SMILES string of the molecule is O=C(CCn1c(=O)[nH]c(=O)c2ccccc21)Nc1ncc(C2CCNCC2)s1. The van der Waals surface area contributed by atoms with Crippen molar-refractivity contribution in [3.63, 3.8) is 0 Å². The van der Waals surface area contributed by atoms with Crippen LogP contribution in [0.2, 0.25) is 0 Å². The molecule has 1 aromatic carbocycles. The summed E-state index contributed by atoms with van der Waals surface area (Å²) in [6.45, 7) is 2.19. The van der Waals surface area contributed by atoms with E-state index in [-0.39, 0.29) is 18.9 Å². The number of nitrogens with one attached hydrogen (secondary N) is 3. The van der Waals surface area contributed by atoms with Crippen molar-refractivity contribution in [1.29, 1.82) is 0 Å². The van der Waals surface area contributed by atoms with Gasteiger partial charge in [-0.2, -0.15) is 0 Å². The number of aryl methyl sites for hydroxylation is 1. The first-order chi connectivity index (χ1) is 13.6. The van der Waals surface area contributed by atoms with E-state index in [1.54, 1.807) is 24.3 Å². The Balaban J connectivity index is 1.43. The number of thiazole rings is 1. The molecule has 1 saturated heterocycles. The molecule has 0 saturated carbocycles. The minimum absolute atomic E-state index is 0.109. The molecule has 0 bridgehead atoms. The second-order valence-corrected chi connectivity index (χ2v) is 7.88. The Morgan fingerprint density at radius 3 is 2.86 bits per heavy atom. The van der Waals surface area contributed by atoms with Gasteiger partial charge in [-0.05, 0) is 44.0 Å². The van der Waals surface area contributed by atoms with Gasteiger partial charge in [0.1, 0.15) is 0 Å². The maximum absolute atomic E-state index is 12.3. The Bertz CT molecular complexity index is 1110. The first-order valence-corrected chi connectivity index (χ1v) is 10.1. The number of fused-ring (bicyclic) bond motifs is 1. The van der Waals surface area contributed by atoms with Crippen LogP contribution in [0, 0.1) is 0 Å². The van der Waals surface area contributed by atoms with E-state index in [1.165, 1.54) is 20.8 Å². The van der Waals surface area contributed by atoms with E-state index in [0.717, 1.165) is 25.9 Å². The quantitative estimate of drug-likeness (QED) is 0.604. The molecule has 1 fully saturated rings. The third kappa shape index (κ3) is 3.90. The number of rotatable bonds is 5. The van der Waals surface area contributed by atoms with Crippen molar-refractivity contribution in [2.45, 2.75) is 31.7 Å². The average molecular weight is 399 g/mol. The molecule has 0 unspecified atom stereocenters. The molecule has 2 aromatic heterocycles. The summed E-state index contributed by atoms with van der Waals surface area (Å²) in [5.41, 5.74) is -0.417. The molecule has 0 radical (unpaired) electrons. The molecule has 3 aromatic rings. The number of nitrogens with zero attached hydrogens (tertiary/aromatic N) is 2. The minimum Gasteiger partial charge on any atom is -0.317 e. The fourth-order valence-electron chi connectivity index (χ4n) is 3.50. The molecule has 0 spiro atoms. The lowest BCUT2D eigenvalue weighted by atomic mass is 9.97. The van der Waals surface area contributed by atoms with E-state index in [4.69, 9.17) is 0 Å². The van der Waals surface area contributed by atoms with Crippen molar-refractivity contribution < 1.29 is 4.79 Å². The van der Waals surface area contributed by atoms with Crippen LogP contribution in [-0.4, -0.2) is 33.5 Å². The topological polar surface area (TPSA) is 109 Å². The van der Waals surface area contributed by atoms with Gasteiger partial charge in [0.2, 0.25) is 5.91 Å². The summed E-state index contributed by atoms with van der Waals surface area (Å²) in [5, 5.41) is 7.16. The van der Waals surface area contributed by atoms with Crippen LogP contribution < -0.4 is 21.9 Å². The fraction of sp³-hybridized carbons (Fsp3) is 0.368. The number of H-pyrrole nitrogens is 1. The van der Waals surface area contributed by atoms with E-state index >= 15 is 0 Å². The summed E-state index contributed by atoms with van der Waals surface area (Å²) >= 11 is 1.51. The van der Waals surface area contributed by atoms with Gasteiger partial charge in [0.05, 0.1) is 10.9 Å². The van der Waals surface area contributed by atoms with Crippen LogP contribution in [0.25, 0.3) is 10.9 Å². The minimum atomic E-state index is -0.515. The molecule has 0 atom stereocenters. The number of para-hydroxylation sites is 1. The number of hydrogen-bond acceptors (Lipinski definition) is 6. The van der Waals surface area contributed by atoms with E-state index in [9.17, 15) is 14.4 Å². The molecular weight excluding hydrogens is 378 g/mol. The number of carbonyl (C=O) groups is 1. The standard InChI is InChI=1S/C19H21N5O3S/c25-16(22-18-21-11-15(28-18)12-5-8-20-9-6-12)7-10-24-14-4-2-1-3-13(14)17(26)23-19(24)27/h1-4,11-12,20H,5-10H2,(H,21,22,25)(H,23,26,27). The number of piperidine rings is 1. The van der Waals surface area contributed by atoms with Crippen LogP contribution in [-0.2, 0) is 11.3 Å². The van der Waals surface area contributed by atoms with Gasteiger partial charge in [0.25, 0.3) is 5.56 Å². The molecule has 146 valence electrons. The Kier molecular flexibility index (Phi) is 5.36. The average Bonchev–Trinajstić information content (AvgIpc) is 3.17. The smallest absolute Gasteiger partial charge is 0.317 e. The molecular formula is C19H21N5O3S. The van der Waals surface area contributed by atoms with E-state index in [0.29, 0.717) is 22.0 Å². The number of carbonyl (C=O) groups excluding carboxylic acids is 1. The first-order valence-electron chi connectivity index (χ1n) is 9.30. The molecule has 1 aliphatic rings. The summed E-state index contributed by atoms with van der Waals surface area (Å²) in [6, 6.07) is 6.86. The van der Waals surface area contributed by atoms with Crippen molar-refractivity contribution in [2.24, 2.45) is 0 Å². The van der Waals surface area contributed by atoms with Crippen LogP contribution in [0.4, 0.5) is 5.13 Å². The van der Waals surface area contributed by atoms with Crippen molar-refractivity contribution >= 4 is 33.3 Å². The number of amides is 1. The molecule has 9 heteroatoms. The summed E-state index contributed by atoms with van der Waals surface area (Å²) in [7, 11) is 0. The Morgan fingerprint density at radius 1 is 1.25 bits per heavy atom. The summed E-state index contributed by atoms with van der Waals surface area (Å²) in [6.07, 6.45) is 4.12. The van der Waals surface area contributed by atoms with E-state index in [2.05, 4.69) is 20.6 Å². The van der Waals surface area contributed by atoms with Gasteiger partial charge < -0.3 is 10.6 Å². The maximum Gasteiger partial charge on any atom is 0.328 e. The lowest BCUT2D eigenvalue weighted by Crippen LogP contribution is -2.31. The molecule has 1 aliphatic heterocycles. The normalized spacial score (nSPS) is 15.0. The van der Waals surface area contributed by atoms with Crippen LogP contribution in [0.15, 0.2) is 40.1 Å². The van der Waals surface area contributed by atoms with Crippen LogP contribution in [0.1, 0.15) is 30.1 Å². The van der Waals surface area contributed by atoms with Crippen molar-refractivity contribution in [2.75, 3.05) is 18.4 Å². The van der Waals surface area contributed by atoms with Gasteiger partial charge in [-0.1, -0.05) is 12.1 Å². The zero-order valence-electron chi connectivity index (χ0n) is 15.2. The fourth-order valence-corrected chi connectivity index (χ4v) is 4.50. The highest BCUT2D eigenvalue weighted by Gasteiger charge is 2.18. The monoisotopic (exact) mass is 399 g/mol. The molecule has 0 aliphatic carbocycles. The third-order valence-electron chi connectivity index (χ3n) is 4.98. The van der Waals surface area contributed by atoms with E-state index < -0.39 is 11.2 Å². The molecule has 1 amide bonds. The first kappa shape index (κ1) is 18.6. The lowest BCUT2D eigenvalue weighted by Gasteiger charge is -2.20. The number of anilines is 1. The maximum atomic E-state index is 12.3. The predicted molar refractivity (Wildman–Crippen MR) is 109 cm³/mol. The largest absolute Gasteiger partial charge is 0.328 e. The lowest BCUT2D eigenvalue weighted by molar-refractivity contribution is -0.116. The third-order valence-corrected chi connectivity index (χ3v) is 6.05. The van der Waals surface area contributed by atoms with Crippen LogP contribution >= 0.6 is 11.3 Å². The van der Waals surface area contributed by atoms with Crippen molar-refractivity contribution in [3.05, 3.63) is 56.2 Å². The predicted octanol–water partition coefficient (Wildman–Crippen LogP) is 1.64. The van der Waals surface area contributed by atoms with Gasteiger partial charge >= 0.3 is 5.69 Å². The number of hydrogen-bond donors (Lipinski definition) is 3. The highest BCUT2D eigenvalue weighted by atomic mass is 32.1. The highest BCUT2D eigenvalue weighted by molar-refractivity contribution is 7.15. The van der Waals surface area contributed by atoms with Gasteiger partial charge in [0.15, 0.2) is 5.13 Å². The van der Waals surface area contributed by atoms with Crippen LogP contribution in [0.5, 0.6) is 0 Å². The van der Waals surface area contributed by atoms with Gasteiger partial charge in [-0.25, -0.2) is 9.78 Å². The summed E-state index contributed by atoms with van der Waals surface area (Å²) in [4.78, 5) is 44.2. The molecule has 8 nitrogen and oxygen atoms in total. The number of aromatic amines is 1. The van der Waals surface area contributed by atoms with Gasteiger partial charge in [0, 0.05) is 24.0 Å². The number of benzene rings is 1. The van der Waals surface area contributed by atoms with Crippen molar-refractivity contribution in [1.82, 2.24) is 19.9 Å². The van der Waals surface area contributed by atoms with Crippen LogP contribution in [0.3, 0.4) is 0 Å². The Labute approximate surface area is 164 Å². The van der Waals surface area contributed by atoms with Gasteiger partial charge in [-0.3, -0.25) is 19.1 Å². The summed E-state index contributed by atoms with van der Waals surface area (Å²) in [5.74, 6) is 0.281. The highest BCUT2D eigenvalue weighted by Crippen LogP contribution is 2.31. The zero-order chi connectivity index (χ0) is 19.5. The Morgan fingerprint density at radius 2 is 2.04 bits per heavy atom. The molecule has 28 heavy (non-hydrogen) atoms. The Hall–Kier alpha value is -2.78. The molecule has 4 rings (SSSR count). The second kappa shape index (κ2) is 8.07. The van der Waals surface area contributed by atoms with E-state index in [1.807, 2.05) is 6.20 Å². The number of aromatic nitrogens is 3. The van der Waals surface area contributed by atoms with Crippen molar-refractivity contribution in [3.8, 4) is 0 Å². The second-order valence-electron chi connectivity index (χ2n) is 6.82. The summed E-state index contributed by atoms with van der Waals surface area (Å²) < 4.78 is 1.42. The molecule has 3 heterocycles. The van der Waals surface area contributed by atoms with Gasteiger partial charge in [-0.15, -0.1) is 11.3 Å².